The zero-order chi connectivity index (χ0) is 8.97. The number of hydrogen-bond donors (Lipinski definition) is 1. The fraction of sp³-hybridized carbons (Fsp3) is 0.429. The molecule has 0 fully saturated rings. The highest BCUT2D eigenvalue weighted by molar-refractivity contribution is 5.75. The van der Waals surface area contributed by atoms with E-state index in [0.29, 0.717) is 6.54 Å². The molecule has 5 heteroatoms. The summed E-state index contributed by atoms with van der Waals surface area (Å²) in [5, 5.41) is 0. The van der Waals surface area contributed by atoms with Crippen molar-refractivity contribution >= 4 is 5.97 Å². The first-order chi connectivity index (χ1) is 5.74. The van der Waals surface area contributed by atoms with E-state index in [4.69, 9.17) is 5.73 Å². The van der Waals surface area contributed by atoms with Gasteiger partial charge in [-0.05, 0) is 0 Å². The Morgan fingerprint density at radius 1 is 1.83 bits per heavy atom. The highest BCUT2D eigenvalue weighted by Crippen LogP contribution is 1.91. The smallest absolute Gasteiger partial charge is 0.324 e. The average molecular weight is 169 g/mol. The molecule has 0 bridgehead atoms. The lowest BCUT2D eigenvalue weighted by Gasteiger charge is -2.08. The van der Waals surface area contributed by atoms with Gasteiger partial charge in [0.2, 0.25) is 0 Å². The lowest BCUT2D eigenvalue weighted by molar-refractivity contribution is -0.142. The van der Waals surface area contributed by atoms with E-state index in [2.05, 4.69) is 9.72 Å². The Labute approximate surface area is 70.1 Å². The number of carbonyl (C=O) groups excluding carboxylic acids is 1. The molecule has 66 valence electrons. The molecule has 0 aliphatic carbocycles. The minimum absolute atomic E-state index is 0.396. The van der Waals surface area contributed by atoms with Crippen molar-refractivity contribution in [3.63, 3.8) is 0 Å². The Morgan fingerprint density at radius 2 is 2.58 bits per heavy atom. The van der Waals surface area contributed by atoms with Crippen LogP contribution in [-0.2, 0) is 16.1 Å². The second-order valence-corrected chi connectivity index (χ2v) is 2.39. The summed E-state index contributed by atoms with van der Waals surface area (Å²) in [6.45, 7) is 0.396. The molecule has 1 rings (SSSR count). The van der Waals surface area contributed by atoms with E-state index in [0.717, 1.165) is 0 Å². The molecule has 5 nitrogen and oxygen atoms in total. The molecule has 1 aromatic heterocycles. The number of imidazole rings is 1. The van der Waals surface area contributed by atoms with Crippen LogP contribution in [-0.4, -0.2) is 28.7 Å². The fourth-order valence-electron chi connectivity index (χ4n) is 0.848. The van der Waals surface area contributed by atoms with E-state index < -0.39 is 12.0 Å². The van der Waals surface area contributed by atoms with Crippen LogP contribution in [0.2, 0.25) is 0 Å². The highest BCUT2D eigenvalue weighted by atomic mass is 16.5. The molecule has 0 aliphatic rings. The summed E-state index contributed by atoms with van der Waals surface area (Å²) in [4.78, 5) is 14.7. The van der Waals surface area contributed by atoms with Crippen molar-refractivity contribution in [1.29, 1.82) is 0 Å². The van der Waals surface area contributed by atoms with Gasteiger partial charge in [0.1, 0.15) is 6.04 Å². The van der Waals surface area contributed by atoms with Gasteiger partial charge in [-0.1, -0.05) is 0 Å². The van der Waals surface area contributed by atoms with Crippen LogP contribution in [0.3, 0.4) is 0 Å². The minimum atomic E-state index is -0.621. The van der Waals surface area contributed by atoms with Gasteiger partial charge in [-0.3, -0.25) is 4.79 Å². The number of carbonyl (C=O) groups is 1. The molecule has 0 radical (unpaired) electrons. The Balaban J connectivity index is 2.47. The zero-order valence-corrected chi connectivity index (χ0v) is 6.80. The highest BCUT2D eigenvalue weighted by Gasteiger charge is 2.13. The molecule has 1 heterocycles. The zero-order valence-electron chi connectivity index (χ0n) is 6.80. The molecule has 0 amide bonds. The first-order valence-electron chi connectivity index (χ1n) is 3.53. The van der Waals surface area contributed by atoms with Gasteiger partial charge >= 0.3 is 5.97 Å². The number of aromatic nitrogens is 2. The Hall–Kier alpha value is -1.36. The van der Waals surface area contributed by atoms with Crippen molar-refractivity contribution in [3.8, 4) is 0 Å². The van der Waals surface area contributed by atoms with E-state index in [1.807, 2.05) is 0 Å². The summed E-state index contributed by atoms with van der Waals surface area (Å²) in [5.41, 5.74) is 5.50. The largest absolute Gasteiger partial charge is 0.468 e. The molecule has 2 N–H and O–H groups in total. The SMILES string of the molecule is COC(=O)C(N)Cn1ccnc1. The number of ether oxygens (including phenoxy) is 1. The first kappa shape index (κ1) is 8.73. The van der Waals surface area contributed by atoms with E-state index in [1.165, 1.54) is 7.11 Å². The molecule has 0 saturated carbocycles. The predicted octanol–water partition coefficient (Wildman–Crippen LogP) is -0.617. The minimum Gasteiger partial charge on any atom is -0.468 e. The maximum Gasteiger partial charge on any atom is 0.324 e. The second-order valence-electron chi connectivity index (χ2n) is 2.39. The lowest BCUT2D eigenvalue weighted by Crippen LogP contribution is -2.35. The predicted molar refractivity (Wildman–Crippen MR) is 42.2 cm³/mol. The third-order valence-corrected chi connectivity index (χ3v) is 1.47. The molecule has 0 aliphatic heterocycles. The van der Waals surface area contributed by atoms with Crippen LogP contribution in [0.25, 0.3) is 0 Å². The lowest BCUT2D eigenvalue weighted by atomic mass is 10.3. The number of rotatable bonds is 3. The van der Waals surface area contributed by atoms with Gasteiger partial charge in [-0.15, -0.1) is 0 Å². The maximum atomic E-state index is 10.9. The number of nitrogens with zero attached hydrogens (tertiary/aromatic N) is 2. The maximum absolute atomic E-state index is 10.9. The van der Waals surface area contributed by atoms with Gasteiger partial charge in [0, 0.05) is 18.9 Å². The number of methoxy groups -OCH3 is 1. The second kappa shape index (κ2) is 3.87. The molecule has 0 spiro atoms. The Bertz CT molecular complexity index is 245. The van der Waals surface area contributed by atoms with Gasteiger partial charge in [0.15, 0.2) is 0 Å². The van der Waals surface area contributed by atoms with Crippen LogP contribution in [0, 0.1) is 0 Å². The summed E-state index contributed by atoms with van der Waals surface area (Å²) in [6, 6.07) is -0.621. The molecule has 0 saturated heterocycles. The third kappa shape index (κ3) is 2.06. The van der Waals surface area contributed by atoms with E-state index in [9.17, 15) is 4.79 Å². The van der Waals surface area contributed by atoms with Crippen molar-refractivity contribution in [3.05, 3.63) is 18.7 Å². The topological polar surface area (TPSA) is 70.1 Å². The molecule has 12 heavy (non-hydrogen) atoms. The molecular formula is C7H11N3O2. The molecule has 0 aromatic carbocycles. The number of hydrogen-bond acceptors (Lipinski definition) is 4. The fourth-order valence-corrected chi connectivity index (χ4v) is 0.848. The monoisotopic (exact) mass is 169 g/mol. The standard InChI is InChI=1S/C7H11N3O2/c1-12-7(11)6(8)4-10-3-2-9-5-10/h2-3,5-6H,4,8H2,1H3. The molecular weight excluding hydrogens is 158 g/mol. The molecule has 1 unspecified atom stereocenters. The van der Waals surface area contributed by atoms with Crippen LogP contribution in [0.4, 0.5) is 0 Å². The van der Waals surface area contributed by atoms with Crippen molar-refractivity contribution in [1.82, 2.24) is 9.55 Å². The van der Waals surface area contributed by atoms with Crippen molar-refractivity contribution in [2.45, 2.75) is 12.6 Å². The normalized spacial score (nSPS) is 12.5. The number of esters is 1. The van der Waals surface area contributed by atoms with Gasteiger partial charge < -0.3 is 15.0 Å². The van der Waals surface area contributed by atoms with E-state index >= 15 is 0 Å². The quantitative estimate of drug-likeness (QED) is 0.612. The van der Waals surface area contributed by atoms with Crippen molar-refractivity contribution in [2.75, 3.05) is 7.11 Å². The van der Waals surface area contributed by atoms with Gasteiger partial charge in [-0.25, -0.2) is 4.98 Å². The number of nitrogens with two attached hydrogens (primary N) is 1. The Morgan fingerprint density at radius 3 is 3.08 bits per heavy atom. The van der Waals surface area contributed by atoms with Gasteiger partial charge in [-0.2, -0.15) is 0 Å². The van der Waals surface area contributed by atoms with E-state index in [-0.39, 0.29) is 0 Å². The third-order valence-electron chi connectivity index (χ3n) is 1.47. The van der Waals surface area contributed by atoms with Crippen molar-refractivity contribution in [2.24, 2.45) is 5.73 Å². The van der Waals surface area contributed by atoms with Crippen LogP contribution < -0.4 is 5.73 Å². The molecule has 1 atom stereocenters. The summed E-state index contributed by atoms with van der Waals surface area (Å²) in [7, 11) is 1.32. The summed E-state index contributed by atoms with van der Waals surface area (Å²) >= 11 is 0. The van der Waals surface area contributed by atoms with Gasteiger partial charge in [0.25, 0.3) is 0 Å². The average Bonchev–Trinajstić information content (AvgIpc) is 2.55. The van der Waals surface area contributed by atoms with Crippen LogP contribution in [0.5, 0.6) is 0 Å². The summed E-state index contributed by atoms with van der Waals surface area (Å²) in [5.74, 6) is -0.413. The van der Waals surface area contributed by atoms with Crippen molar-refractivity contribution < 1.29 is 9.53 Å². The van der Waals surface area contributed by atoms with Gasteiger partial charge in [0.05, 0.1) is 13.4 Å². The van der Waals surface area contributed by atoms with Crippen LogP contribution in [0.15, 0.2) is 18.7 Å². The summed E-state index contributed by atoms with van der Waals surface area (Å²) < 4.78 is 6.19. The van der Waals surface area contributed by atoms with E-state index in [1.54, 1.807) is 23.3 Å². The Kier molecular flexibility index (Phi) is 2.82. The first-order valence-corrected chi connectivity index (χ1v) is 3.53. The van der Waals surface area contributed by atoms with Crippen LogP contribution in [0.1, 0.15) is 0 Å². The summed E-state index contributed by atoms with van der Waals surface area (Å²) in [6.07, 6.45) is 4.97. The van der Waals surface area contributed by atoms with Crippen LogP contribution >= 0.6 is 0 Å². The molecule has 1 aromatic rings.